The lowest BCUT2D eigenvalue weighted by Gasteiger charge is -2.35. The number of rotatable bonds is 6. The predicted molar refractivity (Wildman–Crippen MR) is 72.6 cm³/mol. The lowest BCUT2D eigenvalue weighted by atomic mass is 9.93. The van der Waals surface area contributed by atoms with Crippen LogP contribution in [0.1, 0.15) is 20.8 Å². The molecule has 0 fully saturated rings. The quantitative estimate of drug-likeness (QED) is 0.558. The summed E-state index contributed by atoms with van der Waals surface area (Å²) in [4.78, 5) is 11.8. The van der Waals surface area contributed by atoms with E-state index in [1.54, 1.807) is 19.1 Å². The first-order chi connectivity index (χ1) is 8.62. The normalized spacial score (nSPS) is 26.7. The minimum absolute atomic E-state index is 0.314. The Morgan fingerprint density at radius 3 is 2.61 bits per heavy atom. The highest BCUT2D eigenvalue weighted by molar-refractivity contribution is 9.09. The number of alkyl halides is 1. The van der Waals surface area contributed by atoms with E-state index in [-0.39, 0.29) is 4.83 Å². The summed E-state index contributed by atoms with van der Waals surface area (Å²) in [5, 5.41) is 0. The molecule has 0 amide bonds. The molecule has 5 heteroatoms. The molecule has 0 aliphatic heterocycles. The van der Waals surface area contributed by atoms with Crippen LogP contribution in [0.5, 0.6) is 0 Å². The van der Waals surface area contributed by atoms with Gasteiger partial charge in [-0.3, -0.25) is 0 Å². The number of ether oxygens (including phenoxy) is 3. The van der Waals surface area contributed by atoms with E-state index in [9.17, 15) is 4.79 Å². The van der Waals surface area contributed by atoms with E-state index in [1.807, 2.05) is 19.9 Å². The molecule has 2 atom stereocenters. The van der Waals surface area contributed by atoms with Crippen molar-refractivity contribution in [3.8, 4) is 0 Å². The van der Waals surface area contributed by atoms with Crippen molar-refractivity contribution in [2.45, 2.75) is 31.2 Å². The number of allylic oxidation sites excluding steroid dienone is 2. The van der Waals surface area contributed by atoms with Crippen LogP contribution in [0.2, 0.25) is 0 Å². The molecule has 4 nitrogen and oxygen atoms in total. The molecule has 18 heavy (non-hydrogen) atoms. The summed E-state index contributed by atoms with van der Waals surface area (Å²) in [7, 11) is 0. The van der Waals surface area contributed by atoms with Crippen LogP contribution in [0.4, 0.5) is 0 Å². The number of carbonyl (C=O) groups is 1. The second kappa shape index (κ2) is 6.95. The third kappa shape index (κ3) is 2.95. The highest BCUT2D eigenvalue weighted by Gasteiger charge is 2.48. The van der Waals surface area contributed by atoms with Gasteiger partial charge in [0.05, 0.1) is 13.2 Å². The summed E-state index contributed by atoms with van der Waals surface area (Å²) >= 11 is 3.48. The molecule has 0 aromatic heterocycles. The maximum Gasteiger partial charge on any atom is 0.344 e. The zero-order valence-electron chi connectivity index (χ0n) is 10.9. The second-order valence-electron chi connectivity index (χ2n) is 3.67. The highest BCUT2D eigenvalue weighted by Crippen LogP contribution is 2.35. The van der Waals surface area contributed by atoms with Crippen molar-refractivity contribution < 1.29 is 19.0 Å². The molecule has 0 aromatic carbocycles. The number of esters is 1. The number of carbonyl (C=O) groups excluding carboxylic acids is 1. The van der Waals surface area contributed by atoms with Gasteiger partial charge in [-0.15, -0.1) is 0 Å². The Bertz CT molecular complexity index is 351. The molecule has 0 heterocycles. The van der Waals surface area contributed by atoms with Gasteiger partial charge in [0.15, 0.2) is 0 Å². The standard InChI is InChI=1S/C13H19BrO4/c1-4-16-10-8-7-9-13(11(10)14,18-6-3)12(15)17-5-2/h7-9,11H,4-6H2,1-3H3/t11-,13-/m1/s1. The van der Waals surface area contributed by atoms with E-state index in [1.165, 1.54) is 0 Å². The summed E-state index contributed by atoms with van der Waals surface area (Å²) < 4.78 is 16.3. The number of halogens is 1. The van der Waals surface area contributed by atoms with Crippen molar-refractivity contribution >= 4 is 21.9 Å². The fraction of sp³-hybridized carbons (Fsp3) is 0.615. The van der Waals surface area contributed by atoms with Crippen molar-refractivity contribution in [1.82, 2.24) is 0 Å². The van der Waals surface area contributed by atoms with E-state index in [2.05, 4.69) is 15.9 Å². The van der Waals surface area contributed by atoms with Gasteiger partial charge in [0.25, 0.3) is 0 Å². The summed E-state index contributed by atoms with van der Waals surface area (Å²) in [5.41, 5.74) is -1.15. The smallest absolute Gasteiger partial charge is 0.344 e. The number of hydrogen-bond acceptors (Lipinski definition) is 4. The first-order valence-corrected chi connectivity index (χ1v) is 7.01. The average Bonchev–Trinajstić information content (AvgIpc) is 2.35. The van der Waals surface area contributed by atoms with E-state index < -0.39 is 11.6 Å². The van der Waals surface area contributed by atoms with E-state index >= 15 is 0 Å². The van der Waals surface area contributed by atoms with E-state index in [0.29, 0.717) is 25.6 Å². The fourth-order valence-electron chi connectivity index (χ4n) is 1.79. The largest absolute Gasteiger partial charge is 0.497 e. The van der Waals surface area contributed by atoms with Crippen molar-refractivity contribution in [3.63, 3.8) is 0 Å². The van der Waals surface area contributed by atoms with Gasteiger partial charge >= 0.3 is 5.97 Å². The van der Waals surface area contributed by atoms with Crippen LogP contribution in [0, 0.1) is 0 Å². The van der Waals surface area contributed by atoms with E-state index in [4.69, 9.17) is 14.2 Å². The van der Waals surface area contributed by atoms with Crippen LogP contribution in [0.15, 0.2) is 24.0 Å². The second-order valence-corrected chi connectivity index (χ2v) is 4.59. The predicted octanol–water partition coefficient (Wildman–Crippen LogP) is 2.58. The molecule has 0 N–H and O–H groups in total. The number of hydrogen-bond donors (Lipinski definition) is 0. The van der Waals surface area contributed by atoms with E-state index in [0.717, 1.165) is 0 Å². The van der Waals surface area contributed by atoms with Crippen molar-refractivity contribution in [2.75, 3.05) is 19.8 Å². The molecular weight excluding hydrogens is 300 g/mol. The molecule has 0 unspecified atom stereocenters. The maximum atomic E-state index is 12.2. The van der Waals surface area contributed by atoms with Crippen LogP contribution >= 0.6 is 15.9 Å². The van der Waals surface area contributed by atoms with Crippen LogP contribution in [0.3, 0.4) is 0 Å². The minimum atomic E-state index is -1.15. The molecule has 0 bridgehead atoms. The molecule has 0 saturated heterocycles. The molecule has 1 aliphatic carbocycles. The van der Waals surface area contributed by atoms with Crippen LogP contribution in [-0.4, -0.2) is 36.2 Å². The summed E-state index contributed by atoms with van der Waals surface area (Å²) in [6, 6.07) is 0. The monoisotopic (exact) mass is 318 g/mol. The van der Waals surface area contributed by atoms with Crippen molar-refractivity contribution in [2.24, 2.45) is 0 Å². The summed E-state index contributed by atoms with van der Waals surface area (Å²) in [6.07, 6.45) is 5.28. The molecule has 0 spiro atoms. The Kier molecular flexibility index (Phi) is 5.88. The molecule has 0 aromatic rings. The lowest BCUT2D eigenvalue weighted by Crippen LogP contribution is -2.50. The molecular formula is C13H19BrO4. The van der Waals surface area contributed by atoms with Crippen molar-refractivity contribution in [1.29, 1.82) is 0 Å². The van der Waals surface area contributed by atoms with Gasteiger partial charge in [0, 0.05) is 6.61 Å². The molecule has 0 saturated carbocycles. The first-order valence-electron chi connectivity index (χ1n) is 6.09. The van der Waals surface area contributed by atoms with Crippen LogP contribution in [0.25, 0.3) is 0 Å². The fourth-order valence-corrected chi connectivity index (χ4v) is 2.55. The zero-order valence-corrected chi connectivity index (χ0v) is 12.5. The maximum absolute atomic E-state index is 12.2. The summed E-state index contributed by atoms with van der Waals surface area (Å²) in [6.45, 7) is 6.76. The lowest BCUT2D eigenvalue weighted by molar-refractivity contribution is -0.165. The molecule has 1 rings (SSSR count). The SMILES string of the molecule is CCOC(=O)[C@@]1(OCC)C=CC=C(OCC)[C@H]1Br. The first kappa shape index (κ1) is 15.2. The topological polar surface area (TPSA) is 44.8 Å². The average molecular weight is 319 g/mol. The Hall–Kier alpha value is -0.810. The third-order valence-corrected chi connectivity index (χ3v) is 3.65. The third-order valence-electron chi connectivity index (χ3n) is 2.52. The van der Waals surface area contributed by atoms with Gasteiger partial charge in [0.1, 0.15) is 10.6 Å². The zero-order chi connectivity index (χ0) is 13.6. The van der Waals surface area contributed by atoms with Gasteiger partial charge in [-0.2, -0.15) is 0 Å². The highest BCUT2D eigenvalue weighted by atomic mass is 79.9. The van der Waals surface area contributed by atoms with Gasteiger partial charge in [-0.25, -0.2) is 4.79 Å². The van der Waals surface area contributed by atoms with Gasteiger partial charge in [-0.1, -0.05) is 22.0 Å². The van der Waals surface area contributed by atoms with Gasteiger partial charge in [-0.05, 0) is 32.9 Å². The van der Waals surface area contributed by atoms with Crippen LogP contribution < -0.4 is 0 Å². The minimum Gasteiger partial charge on any atom is -0.497 e. The van der Waals surface area contributed by atoms with Gasteiger partial charge < -0.3 is 14.2 Å². The molecule has 0 radical (unpaired) electrons. The Labute approximate surface area is 116 Å². The molecule has 102 valence electrons. The summed E-state index contributed by atoms with van der Waals surface area (Å²) in [5.74, 6) is 0.261. The van der Waals surface area contributed by atoms with Crippen LogP contribution in [-0.2, 0) is 19.0 Å². The Balaban J connectivity index is 3.02. The Morgan fingerprint density at radius 1 is 1.33 bits per heavy atom. The Morgan fingerprint density at radius 2 is 2.06 bits per heavy atom. The molecule has 1 aliphatic rings. The van der Waals surface area contributed by atoms with Gasteiger partial charge in [0.2, 0.25) is 5.60 Å². The van der Waals surface area contributed by atoms with Crippen molar-refractivity contribution in [3.05, 3.63) is 24.0 Å².